The second-order valence-electron chi connectivity index (χ2n) is 4.16. The zero-order valence-electron chi connectivity index (χ0n) is 10.6. The van der Waals surface area contributed by atoms with Gasteiger partial charge in [-0.15, -0.1) is 0 Å². The molecule has 0 saturated carbocycles. The fraction of sp³-hybridized carbons (Fsp3) is 1.00. The van der Waals surface area contributed by atoms with Crippen LogP contribution in [0.5, 0.6) is 0 Å². The van der Waals surface area contributed by atoms with Crippen LogP contribution in [0.1, 0.15) is 41.5 Å². The summed E-state index contributed by atoms with van der Waals surface area (Å²) in [6.45, 7) is 11.9. The first kappa shape index (κ1) is 15.9. The zero-order valence-corrected chi connectivity index (χ0v) is 13.2. The molecule has 88 valence electrons. The molecular weight excluding hydrogens is 226 g/mol. The average Bonchev–Trinajstić information content (AvgIpc) is 2.00. The Balaban J connectivity index is 3.79. The van der Waals surface area contributed by atoms with Crippen LogP contribution in [0.4, 0.5) is 0 Å². The highest BCUT2D eigenvalue weighted by molar-refractivity contribution is 6.45. The van der Waals surface area contributed by atoms with Gasteiger partial charge in [-0.2, -0.15) is 0 Å². The van der Waals surface area contributed by atoms with Crippen LogP contribution in [0, 0.1) is 0 Å². The molecule has 0 unspecified atom stereocenters. The Bertz CT molecular complexity index is 143. The van der Waals surface area contributed by atoms with Crippen molar-refractivity contribution in [1.29, 1.82) is 0 Å². The summed E-state index contributed by atoms with van der Waals surface area (Å²) in [7, 11) is 0. The maximum atomic E-state index is 5.59. The summed E-state index contributed by atoms with van der Waals surface area (Å²) in [6, 6.07) is 0. The van der Waals surface area contributed by atoms with Gasteiger partial charge in [0.25, 0.3) is 0 Å². The molecule has 0 radical (unpaired) electrons. The maximum Gasteiger partial charge on any atom is 0.876 e. The Morgan fingerprint density at radius 3 is 1.60 bits per heavy atom. The SMILES string of the molecule is CC(C)[O][AlH][O][Al]([O]C(C)C)[O]C(C)C. The van der Waals surface area contributed by atoms with Crippen molar-refractivity contribution in [2.75, 3.05) is 0 Å². The lowest BCUT2D eigenvalue weighted by Gasteiger charge is -2.19. The van der Waals surface area contributed by atoms with Crippen molar-refractivity contribution in [1.82, 2.24) is 0 Å². The van der Waals surface area contributed by atoms with Gasteiger partial charge in [-0.25, -0.2) is 0 Å². The van der Waals surface area contributed by atoms with Crippen molar-refractivity contribution < 1.29 is 14.2 Å². The molecule has 0 bridgehead atoms. The molecular formula is C9H22Al2O4. The predicted molar refractivity (Wildman–Crippen MR) is 62.7 cm³/mol. The van der Waals surface area contributed by atoms with Gasteiger partial charge in [-0.05, 0) is 41.5 Å². The minimum absolute atomic E-state index is 0.147. The molecule has 0 aromatic rings. The lowest BCUT2D eigenvalue weighted by Crippen LogP contribution is -2.35. The highest BCUT2D eigenvalue weighted by Gasteiger charge is 2.33. The topological polar surface area (TPSA) is 36.9 Å². The molecule has 0 N–H and O–H groups in total. The molecule has 6 heteroatoms. The second-order valence-corrected chi connectivity index (χ2v) is 7.18. The van der Waals surface area contributed by atoms with E-state index < -0.39 is 31.0 Å². The zero-order chi connectivity index (χ0) is 11.8. The number of rotatable bonds is 8. The fourth-order valence-corrected chi connectivity index (χ4v) is 3.40. The van der Waals surface area contributed by atoms with Crippen LogP contribution in [-0.2, 0) is 14.2 Å². The summed E-state index contributed by atoms with van der Waals surface area (Å²) in [4.78, 5) is 0. The third-order valence-corrected chi connectivity index (χ3v) is 5.34. The summed E-state index contributed by atoms with van der Waals surface area (Å²) in [5.74, 6) is 0. The molecule has 15 heavy (non-hydrogen) atoms. The molecule has 0 amide bonds. The van der Waals surface area contributed by atoms with Gasteiger partial charge in [0.05, 0.1) is 0 Å². The van der Waals surface area contributed by atoms with Crippen molar-refractivity contribution in [3.05, 3.63) is 0 Å². The van der Waals surface area contributed by atoms with Gasteiger partial charge >= 0.3 is 31.0 Å². The van der Waals surface area contributed by atoms with Gasteiger partial charge in [0.1, 0.15) is 0 Å². The van der Waals surface area contributed by atoms with E-state index in [1.165, 1.54) is 0 Å². The highest BCUT2D eigenvalue weighted by atomic mass is 27.3. The van der Waals surface area contributed by atoms with Crippen LogP contribution in [0.15, 0.2) is 0 Å². The highest BCUT2D eigenvalue weighted by Crippen LogP contribution is 2.01. The summed E-state index contributed by atoms with van der Waals surface area (Å²) in [6.07, 6.45) is 0.520. The molecule has 0 aromatic carbocycles. The smallest absolute Gasteiger partial charge is 0.570 e. The third kappa shape index (κ3) is 11.2. The summed E-state index contributed by atoms with van der Waals surface area (Å²) < 4.78 is 22.2. The van der Waals surface area contributed by atoms with Crippen LogP contribution >= 0.6 is 0 Å². The van der Waals surface area contributed by atoms with E-state index >= 15 is 0 Å². The number of hydrogen-bond donors (Lipinski definition) is 0. The Labute approximate surface area is 105 Å². The quantitative estimate of drug-likeness (QED) is 0.610. The van der Waals surface area contributed by atoms with Crippen LogP contribution in [0.2, 0.25) is 0 Å². The van der Waals surface area contributed by atoms with Gasteiger partial charge in [0.15, 0.2) is 0 Å². The van der Waals surface area contributed by atoms with Gasteiger partial charge in [0.2, 0.25) is 0 Å². The van der Waals surface area contributed by atoms with E-state index in [1.54, 1.807) is 0 Å². The van der Waals surface area contributed by atoms with Crippen molar-refractivity contribution in [3.8, 4) is 0 Å². The van der Waals surface area contributed by atoms with E-state index in [4.69, 9.17) is 14.2 Å². The second kappa shape index (κ2) is 8.99. The third-order valence-electron chi connectivity index (χ3n) is 1.37. The first-order valence-electron chi connectivity index (χ1n) is 5.46. The molecule has 0 heterocycles. The van der Waals surface area contributed by atoms with Crippen molar-refractivity contribution in [2.24, 2.45) is 0 Å². The Morgan fingerprint density at radius 2 is 1.27 bits per heavy atom. The summed E-state index contributed by atoms with van der Waals surface area (Å²) in [5.41, 5.74) is 0. The molecule has 0 spiro atoms. The standard InChI is InChI=1S/3C3H7O.2Al.O.H/c3*1-3(2)4;;;;/h3*3H,1-2H3;;;;/q3*-1;+1;+2;;. The average molecular weight is 248 g/mol. The van der Waals surface area contributed by atoms with Crippen LogP contribution in [-0.4, -0.2) is 49.3 Å². The van der Waals surface area contributed by atoms with Crippen molar-refractivity contribution in [2.45, 2.75) is 59.9 Å². The molecule has 0 aliphatic rings. The van der Waals surface area contributed by atoms with E-state index in [0.717, 1.165) is 0 Å². The lowest BCUT2D eigenvalue weighted by molar-refractivity contribution is 0.0766. The first-order chi connectivity index (χ1) is 6.91. The normalized spacial score (nSPS) is 11.5. The molecule has 0 aromatic heterocycles. The lowest BCUT2D eigenvalue weighted by atomic mass is 10.5. The summed E-state index contributed by atoms with van der Waals surface area (Å²) in [5, 5.41) is 0. The van der Waals surface area contributed by atoms with Gasteiger partial charge < -0.3 is 14.2 Å². The minimum atomic E-state index is -1.97. The van der Waals surface area contributed by atoms with E-state index in [2.05, 4.69) is 0 Å². The molecule has 0 saturated heterocycles. The Kier molecular flexibility index (Phi) is 9.53. The van der Waals surface area contributed by atoms with Crippen molar-refractivity contribution >= 4 is 31.0 Å². The largest absolute Gasteiger partial charge is 0.876 e. The fourth-order valence-electron chi connectivity index (χ4n) is 0.786. The van der Waals surface area contributed by atoms with E-state index in [1.807, 2.05) is 41.5 Å². The molecule has 0 rings (SSSR count). The van der Waals surface area contributed by atoms with Crippen LogP contribution in [0.3, 0.4) is 0 Å². The maximum absolute atomic E-state index is 5.59. The Hall–Kier alpha value is 0.905. The van der Waals surface area contributed by atoms with Crippen molar-refractivity contribution in [3.63, 3.8) is 0 Å². The first-order valence-corrected chi connectivity index (χ1v) is 8.02. The van der Waals surface area contributed by atoms with E-state index in [-0.39, 0.29) is 18.3 Å². The van der Waals surface area contributed by atoms with Gasteiger partial charge in [0, 0.05) is 18.3 Å². The van der Waals surface area contributed by atoms with Crippen LogP contribution in [0.25, 0.3) is 0 Å². The summed E-state index contributed by atoms with van der Waals surface area (Å²) >= 11 is -2.93. The predicted octanol–water partition coefficient (Wildman–Crippen LogP) is 1.53. The monoisotopic (exact) mass is 248 g/mol. The van der Waals surface area contributed by atoms with E-state index in [9.17, 15) is 0 Å². The molecule has 0 atom stereocenters. The van der Waals surface area contributed by atoms with Gasteiger partial charge in [-0.1, -0.05) is 0 Å². The molecule has 0 aliphatic heterocycles. The Morgan fingerprint density at radius 1 is 0.800 bits per heavy atom. The van der Waals surface area contributed by atoms with Crippen LogP contribution < -0.4 is 0 Å². The number of hydrogen-bond acceptors (Lipinski definition) is 4. The molecule has 4 nitrogen and oxygen atoms in total. The van der Waals surface area contributed by atoms with E-state index in [0.29, 0.717) is 0 Å². The van der Waals surface area contributed by atoms with Gasteiger partial charge in [-0.3, -0.25) is 0 Å². The minimum Gasteiger partial charge on any atom is -0.570 e. The molecule has 0 fully saturated rings. The molecule has 0 aliphatic carbocycles.